The number of amides is 2. The minimum Gasteiger partial charge on any atom is -0.423 e. The molecule has 4 atom stereocenters. The highest BCUT2D eigenvalue weighted by Gasteiger charge is 2.60. The van der Waals surface area contributed by atoms with E-state index in [1.165, 1.54) is 28.0 Å². The molecule has 0 unspecified atom stereocenters. The Bertz CT molecular complexity index is 1050. The predicted octanol–water partition coefficient (Wildman–Crippen LogP) is 3.95. The van der Waals surface area contributed by atoms with E-state index in [0.717, 1.165) is 30.6 Å². The molecule has 1 fully saturated rings. The summed E-state index contributed by atoms with van der Waals surface area (Å²) < 4.78 is 10.6. The van der Waals surface area contributed by atoms with Gasteiger partial charge in [0.05, 0.1) is 40.8 Å². The van der Waals surface area contributed by atoms with Crippen molar-refractivity contribution in [3.63, 3.8) is 0 Å². The maximum absolute atomic E-state index is 13.2. The number of esters is 1. The van der Waals surface area contributed by atoms with Crippen molar-refractivity contribution >= 4 is 47.1 Å². The largest absolute Gasteiger partial charge is 0.423 e. The maximum atomic E-state index is 13.2. The molecule has 0 spiro atoms. The van der Waals surface area contributed by atoms with E-state index in [-0.39, 0.29) is 30.2 Å². The predicted molar refractivity (Wildman–Crippen MR) is 145 cm³/mol. The van der Waals surface area contributed by atoms with Gasteiger partial charge in [0.2, 0.25) is 12.7 Å². The smallest absolute Gasteiger partial charge is 0.412 e. The fourth-order valence-corrected chi connectivity index (χ4v) is 6.43. The molecule has 210 valence electrons. The normalized spacial score (nSPS) is 21.5. The van der Waals surface area contributed by atoms with Gasteiger partial charge in [0.1, 0.15) is 5.70 Å². The van der Waals surface area contributed by atoms with Crippen LogP contribution in [0.3, 0.4) is 0 Å². The van der Waals surface area contributed by atoms with E-state index in [9.17, 15) is 24.6 Å². The third kappa shape index (κ3) is 6.59. The monoisotopic (exact) mass is 567 g/mol. The SMILES string of the molecule is CCCCN(CCCC)C(=O)OCOC(=O)C1=C(S/C=C\c2scnc2CO)[C@H](C)[C@@H]2[C@@H]([C@@H](C)O)C(=O)N12. The Hall–Kier alpha value is -2.41. The average molecular weight is 568 g/mol. The van der Waals surface area contributed by atoms with Crippen LogP contribution in [0.5, 0.6) is 0 Å². The molecular formula is C26H37N3O7S2. The van der Waals surface area contributed by atoms with Crippen LogP contribution >= 0.6 is 23.1 Å². The number of rotatable bonds is 14. The highest BCUT2D eigenvalue weighted by Crippen LogP contribution is 2.51. The number of aliphatic hydroxyl groups is 2. The number of hydrogen-bond donors (Lipinski definition) is 2. The van der Waals surface area contributed by atoms with Crippen LogP contribution in [0.25, 0.3) is 6.08 Å². The molecule has 1 aromatic heterocycles. The van der Waals surface area contributed by atoms with Gasteiger partial charge >= 0.3 is 12.1 Å². The van der Waals surface area contributed by atoms with Gasteiger partial charge in [-0.1, -0.05) is 45.4 Å². The Morgan fingerprint density at radius 3 is 2.55 bits per heavy atom. The summed E-state index contributed by atoms with van der Waals surface area (Å²) in [5.74, 6) is -1.93. The molecule has 3 heterocycles. The fourth-order valence-electron chi connectivity index (χ4n) is 4.66. The number of thiazole rings is 1. The van der Waals surface area contributed by atoms with Crippen LogP contribution in [-0.4, -0.2) is 75.0 Å². The van der Waals surface area contributed by atoms with Crippen molar-refractivity contribution in [2.24, 2.45) is 11.8 Å². The first-order valence-electron chi connectivity index (χ1n) is 13.0. The van der Waals surface area contributed by atoms with Crippen molar-refractivity contribution in [2.45, 2.75) is 72.1 Å². The van der Waals surface area contributed by atoms with Gasteiger partial charge in [0, 0.05) is 23.9 Å². The molecule has 0 saturated carbocycles. The standard InChI is InChI=1S/C26H37N3O7S2/c1-5-7-10-28(11-8-6-2)26(34)36-15-35-25(33)22-23(37-12-9-19-18(13-30)27-14-38-19)16(3)21-20(17(4)31)24(32)29(21)22/h9,12,14,16-17,20-21,30-31H,5-8,10-11,13,15H2,1-4H3/b12-9-/t16-,17-,20-,21-/m1/s1. The lowest BCUT2D eigenvalue weighted by atomic mass is 9.79. The molecule has 1 aromatic rings. The summed E-state index contributed by atoms with van der Waals surface area (Å²) in [6.45, 7) is 7.95. The second-order valence-electron chi connectivity index (χ2n) is 9.36. The molecule has 1 saturated heterocycles. The zero-order valence-corrected chi connectivity index (χ0v) is 23.9. The van der Waals surface area contributed by atoms with E-state index in [1.807, 2.05) is 20.8 Å². The van der Waals surface area contributed by atoms with E-state index in [1.54, 1.807) is 28.8 Å². The van der Waals surface area contributed by atoms with Gasteiger partial charge in [0.15, 0.2) is 0 Å². The number of carbonyl (C=O) groups excluding carboxylic acids is 3. The summed E-state index contributed by atoms with van der Waals surface area (Å²) in [6, 6.07) is -0.363. The highest BCUT2D eigenvalue weighted by molar-refractivity contribution is 8.06. The molecule has 0 aromatic carbocycles. The van der Waals surface area contributed by atoms with Crippen LogP contribution in [0.2, 0.25) is 0 Å². The topological polar surface area (TPSA) is 130 Å². The second kappa shape index (κ2) is 14.1. The number of β-lactam (4-membered cyclic amide) rings is 1. The van der Waals surface area contributed by atoms with E-state index in [2.05, 4.69) is 4.98 Å². The van der Waals surface area contributed by atoms with E-state index in [0.29, 0.717) is 23.7 Å². The molecule has 38 heavy (non-hydrogen) atoms. The molecule has 2 N–H and O–H groups in total. The van der Waals surface area contributed by atoms with Crippen molar-refractivity contribution < 1.29 is 34.1 Å². The first kappa shape index (κ1) is 30.1. The van der Waals surface area contributed by atoms with Crippen LogP contribution in [-0.2, 0) is 25.7 Å². The zero-order valence-electron chi connectivity index (χ0n) is 22.3. The van der Waals surface area contributed by atoms with Crippen LogP contribution in [0.4, 0.5) is 4.79 Å². The minimum atomic E-state index is -0.856. The van der Waals surface area contributed by atoms with Gasteiger partial charge in [-0.05, 0) is 31.2 Å². The summed E-state index contributed by atoms with van der Waals surface area (Å²) in [7, 11) is 0. The Kier molecular flexibility index (Phi) is 11.2. The van der Waals surface area contributed by atoms with E-state index >= 15 is 0 Å². The molecule has 10 nitrogen and oxygen atoms in total. The van der Waals surface area contributed by atoms with Crippen molar-refractivity contribution in [3.05, 3.63) is 32.1 Å². The number of aliphatic hydroxyl groups excluding tert-OH is 2. The van der Waals surface area contributed by atoms with Crippen molar-refractivity contribution in [1.29, 1.82) is 0 Å². The van der Waals surface area contributed by atoms with Gasteiger partial charge in [-0.15, -0.1) is 11.3 Å². The lowest BCUT2D eigenvalue weighted by Gasteiger charge is -2.46. The molecule has 0 bridgehead atoms. The fraction of sp³-hybridized carbons (Fsp3) is 0.615. The number of hydrogen-bond acceptors (Lipinski definition) is 10. The van der Waals surface area contributed by atoms with Gasteiger partial charge in [-0.3, -0.25) is 4.79 Å². The number of carbonyl (C=O) groups is 3. The Labute approximate surface area is 231 Å². The summed E-state index contributed by atoms with van der Waals surface area (Å²) in [6.07, 6.45) is 3.98. The molecule has 2 amide bonds. The summed E-state index contributed by atoms with van der Waals surface area (Å²) in [5.41, 5.74) is 2.30. The van der Waals surface area contributed by atoms with Gasteiger partial charge < -0.3 is 29.5 Å². The first-order chi connectivity index (χ1) is 18.3. The zero-order chi connectivity index (χ0) is 27.8. The minimum absolute atomic E-state index is 0.107. The molecule has 0 radical (unpaired) electrons. The summed E-state index contributed by atoms with van der Waals surface area (Å²) in [4.78, 5) is 47.1. The summed E-state index contributed by atoms with van der Waals surface area (Å²) >= 11 is 2.66. The Balaban J connectivity index is 1.72. The average Bonchev–Trinajstić information content (AvgIpc) is 3.44. The lowest BCUT2D eigenvalue weighted by Crippen LogP contribution is -2.63. The Morgan fingerprint density at radius 1 is 1.26 bits per heavy atom. The third-order valence-electron chi connectivity index (χ3n) is 6.73. The number of unbranched alkanes of at least 4 members (excludes halogenated alkanes) is 2. The summed E-state index contributed by atoms with van der Waals surface area (Å²) in [5, 5.41) is 21.4. The maximum Gasteiger partial charge on any atom is 0.412 e. The molecule has 3 rings (SSSR count). The van der Waals surface area contributed by atoms with E-state index < -0.39 is 30.9 Å². The van der Waals surface area contributed by atoms with Crippen LogP contribution < -0.4 is 0 Å². The van der Waals surface area contributed by atoms with Crippen molar-refractivity contribution in [1.82, 2.24) is 14.8 Å². The molecule has 0 aliphatic carbocycles. The van der Waals surface area contributed by atoms with E-state index in [4.69, 9.17) is 9.47 Å². The van der Waals surface area contributed by atoms with Crippen molar-refractivity contribution in [2.75, 3.05) is 19.9 Å². The molecular weight excluding hydrogens is 530 g/mol. The Morgan fingerprint density at radius 2 is 1.95 bits per heavy atom. The quantitative estimate of drug-likeness (QED) is 0.195. The van der Waals surface area contributed by atoms with Crippen molar-refractivity contribution in [3.8, 4) is 0 Å². The number of thioether (sulfide) groups is 1. The van der Waals surface area contributed by atoms with Gasteiger partial charge in [-0.2, -0.15) is 0 Å². The van der Waals surface area contributed by atoms with Crippen LogP contribution in [0.15, 0.2) is 21.5 Å². The van der Waals surface area contributed by atoms with Gasteiger partial charge in [-0.25, -0.2) is 14.6 Å². The number of nitrogens with zero attached hydrogens (tertiary/aromatic N) is 3. The van der Waals surface area contributed by atoms with Crippen LogP contribution in [0.1, 0.15) is 63.9 Å². The molecule has 2 aliphatic rings. The molecule has 2 aliphatic heterocycles. The first-order valence-corrected chi connectivity index (χ1v) is 14.7. The van der Waals surface area contributed by atoms with Gasteiger partial charge in [0.25, 0.3) is 0 Å². The number of ether oxygens (including phenoxy) is 2. The second-order valence-corrected chi connectivity index (χ2v) is 11.2. The number of fused-ring (bicyclic) bond motifs is 1. The van der Waals surface area contributed by atoms with Crippen LogP contribution in [0, 0.1) is 11.8 Å². The highest BCUT2D eigenvalue weighted by atomic mass is 32.2. The molecule has 12 heteroatoms. The third-order valence-corrected chi connectivity index (χ3v) is 8.66. The lowest BCUT2D eigenvalue weighted by molar-refractivity contribution is -0.166. The number of aromatic nitrogens is 1.